The third-order valence-corrected chi connectivity index (χ3v) is 5.81. The first-order valence-corrected chi connectivity index (χ1v) is 9.59. The second kappa shape index (κ2) is 6.62. The highest BCUT2D eigenvalue weighted by atomic mass is 16.6. The van der Waals surface area contributed by atoms with Gasteiger partial charge in [-0.15, -0.1) is 0 Å². The molecule has 3 aliphatic rings. The molecule has 0 aromatic heterocycles. The number of nitrogens with zero attached hydrogens (tertiary/aromatic N) is 1. The Balaban J connectivity index is 1.60. The van der Waals surface area contributed by atoms with Gasteiger partial charge in [0.15, 0.2) is 0 Å². The summed E-state index contributed by atoms with van der Waals surface area (Å²) in [6.45, 7) is 9.06. The zero-order valence-corrected chi connectivity index (χ0v) is 15.3. The minimum atomic E-state index is -0.403. The standard InChI is InChI=1S/C19H34N2O2/c1-13-11-14(12-13)20-16-8-5-7-15(16)17-9-6-10-21(17)18(22)23-19(2,3)4/h13-17,20H,5-12H2,1-4H3. The smallest absolute Gasteiger partial charge is 0.410 e. The molecule has 0 aromatic rings. The van der Waals surface area contributed by atoms with Crippen LogP contribution in [-0.4, -0.2) is 41.3 Å². The summed E-state index contributed by atoms with van der Waals surface area (Å²) >= 11 is 0. The van der Waals surface area contributed by atoms with E-state index in [1.54, 1.807) is 0 Å². The van der Waals surface area contributed by atoms with E-state index in [-0.39, 0.29) is 6.09 Å². The Labute approximate surface area is 141 Å². The van der Waals surface area contributed by atoms with Gasteiger partial charge in [0.25, 0.3) is 0 Å². The number of hydrogen-bond donors (Lipinski definition) is 1. The minimum Gasteiger partial charge on any atom is -0.444 e. The van der Waals surface area contributed by atoms with Crippen LogP contribution in [-0.2, 0) is 4.74 Å². The van der Waals surface area contributed by atoms with E-state index in [0.717, 1.165) is 25.3 Å². The molecular formula is C19H34N2O2. The van der Waals surface area contributed by atoms with E-state index < -0.39 is 5.60 Å². The topological polar surface area (TPSA) is 41.6 Å². The summed E-state index contributed by atoms with van der Waals surface area (Å²) < 4.78 is 5.64. The molecule has 1 heterocycles. The average molecular weight is 322 g/mol. The van der Waals surface area contributed by atoms with Crippen molar-refractivity contribution < 1.29 is 9.53 Å². The summed E-state index contributed by atoms with van der Waals surface area (Å²) in [5.41, 5.74) is -0.403. The quantitative estimate of drug-likeness (QED) is 0.855. The molecule has 2 saturated carbocycles. The summed E-state index contributed by atoms with van der Waals surface area (Å²) in [6, 6.07) is 1.69. The number of carbonyl (C=O) groups is 1. The highest BCUT2D eigenvalue weighted by Crippen LogP contribution is 2.38. The molecule has 1 aliphatic heterocycles. The van der Waals surface area contributed by atoms with Crippen LogP contribution >= 0.6 is 0 Å². The van der Waals surface area contributed by atoms with Crippen molar-refractivity contribution in [2.75, 3.05) is 6.54 Å². The van der Waals surface area contributed by atoms with Crippen LogP contribution in [0.4, 0.5) is 4.79 Å². The van der Waals surface area contributed by atoms with Crippen molar-refractivity contribution in [2.45, 2.75) is 96.4 Å². The molecule has 3 fully saturated rings. The third kappa shape index (κ3) is 4.01. The Kier molecular flexibility index (Phi) is 4.91. The van der Waals surface area contributed by atoms with Crippen LogP contribution in [0.3, 0.4) is 0 Å². The summed E-state index contributed by atoms with van der Waals surface area (Å²) in [4.78, 5) is 14.6. The van der Waals surface area contributed by atoms with Crippen LogP contribution in [0.15, 0.2) is 0 Å². The lowest BCUT2D eigenvalue weighted by atomic mass is 9.80. The molecule has 2 aliphatic carbocycles. The van der Waals surface area contributed by atoms with E-state index in [4.69, 9.17) is 4.74 Å². The molecule has 0 aromatic carbocycles. The van der Waals surface area contributed by atoms with Crippen molar-refractivity contribution in [3.05, 3.63) is 0 Å². The van der Waals surface area contributed by atoms with Crippen molar-refractivity contribution in [3.8, 4) is 0 Å². The van der Waals surface area contributed by atoms with Crippen LogP contribution < -0.4 is 5.32 Å². The predicted octanol–water partition coefficient (Wildman–Crippen LogP) is 3.94. The molecule has 0 bridgehead atoms. The van der Waals surface area contributed by atoms with Gasteiger partial charge in [0.1, 0.15) is 5.60 Å². The molecule has 1 amide bonds. The molecule has 132 valence electrons. The maximum Gasteiger partial charge on any atom is 0.410 e. The lowest BCUT2D eigenvalue weighted by molar-refractivity contribution is 0.0161. The lowest BCUT2D eigenvalue weighted by Gasteiger charge is -2.40. The van der Waals surface area contributed by atoms with Gasteiger partial charge in [-0.05, 0) is 71.1 Å². The van der Waals surface area contributed by atoms with Crippen LogP contribution in [0.5, 0.6) is 0 Å². The SMILES string of the molecule is CC1CC(NC2CCCC2C2CCCN2C(=O)OC(C)(C)C)C1. The fourth-order valence-corrected chi connectivity index (χ4v) is 4.78. The number of rotatable bonds is 3. The third-order valence-electron chi connectivity index (χ3n) is 5.81. The molecule has 3 atom stereocenters. The Bertz CT molecular complexity index is 426. The summed E-state index contributed by atoms with van der Waals surface area (Å²) in [5, 5.41) is 3.90. The van der Waals surface area contributed by atoms with Gasteiger partial charge in [-0.2, -0.15) is 0 Å². The number of ether oxygens (including phenoxy) is 1. The van der Waals surface area contributed by atoms with Gasteiger partial charge < -0.3 is 15.0 Å². The van der Waals surface area contributed by atoms with Gasteiger partial charge in [-0.1, -0.05) is 13.3 Å². The monoisotopic (exact) mass is 322 g/mol. The number of likely N-dealkylation sites (tertiary alicyclic amines) is 1. The zero-order valence-electron chi connectivity index (χ0n) is 15.3. The van der Waals surface area contributed by atoms with Crippen molar-refractivity contribution in [3.63, 3.8) is 0 Å². The van der Waals surface area contributed by atoms with E-state index in [9.17, 15) is 4.79 Å². The van der Waals surface area contributed by atoms with Gasteiger partial charge in [0, 0.05) is 24.7 Å². The number of nitrogens with one attached hydrogen (secondary N) is 1. The van der Waals surface area contributed by atoms with Gasteiger partial charge in [0.2, 0.25) is 0 Å². The van der Waals surface area contributed by atoms with Gasteiger partial charge in [-0.25, -0.2) is 4.79 Å². The van der Waals surface area contributed by atoms with Gasteiger partial charge >= 0.3 is 6.09 Å². The normalized spacial score (nSPS) is 37.7. The average Bonchev–Trinajstić information content (AvgIpc) is 3.01. The highest BCUT2D eigenvalue weighted by Gasteiger charge is 2.43. The zero-order chi connectivity index (χ0) is 16.6. The maximum absolute atomic E-state index is 12.6. The molecule has 0 spiro atoms. The Morgan fingerprint density at radius 1 is 1.13 bits per heavy atom. The van der Waals surface area contributed by atoms with Crippen LogP contribution in [0.1, 0.15) is 72.6 Å². The van der Waals surface area contributed by atoms with Gasteiger partial charge in [0.05, 0.1) is 0 Å². The second-order valence-electron chi connectivity index (χ2n) is 9.02. The number of hydrogen-bond acceptors (Lipinski definition) is 3. The minimum absolute atomic E-state index is 0.108. The summed E-state index contributed by atoms with van der Waals surface area (Å²) in [7, 11) is 0. The van der Waals surface area contributed by atoms with Crippen LogP contribution in [0, 0.1) is 11.8 Å². The van der Waals surface area contributed by atoms with E-state index in [2.05, 4.69) is 12.2 Å². The Morgan fingerprint density at radius 2 is 1.87 bits per heavy atom. The predicted molar refractivity (Wildman–Crippen MR) is 92.4 cm³/mol. The van der Waals surface area contributed by atoms with Crippen molar-refractivity contribution in [1.82, 2.24) is 10.2 Å². The lowest BCUT2D eigenvalue weighted by Crippen LogP contribution is -2.52. The molecule has 1 saturated heterocycles. The molecule has 3 unspecified atom stereocenters. The summed E-state index contributed by atoms with van der Waals surface area (Å²) in [5.74, 6) is 1.50. The number of carbonyl (C=O) groups excluding carboxylic acids is 1. The summed E-state index contributed by atoms with van der Waals surface area (Å²) in [6.07, 6.45) is 8.62. The largest absolute Gasteiger partial charge is 0.444 e. The maximum atomic E-state index is 12.6. The Morgan fingerprint density at radius 3 is 2.52 bits per heavy atom. The highest BCUT2D eigenvalue weighted by molar-refractivity contribution is 5.69. The fourth-order valence-electron chi connectivity index (χ4n) is 4.78. The molecule has 23 heavy (non-hydrogen) atoms. The molecule has 4 heteroatoms. The van der Waals surface area contributed by atoms with E-state index >= 15 is 0 Å². The van der Waals surface area contributed by atoms with Gasteiger partial charge in [-0.3, -0.25) is 0 Å². The fraction of sp³-hybridized carbons (Fsp3) is 0.947. The first kappa shape index (κ1) is 17.1. The number of amides is 1. The Hall–Kier alpha value is -0.770. The molecule has 3 rings (SSSR count). The van der Waals surface area contributed by atoms with Crippen molar-refractivity contribution in [2.24, 2.45) is 11.8 Å². The molecule has 4 nitrogen and oxygen atoms in total. The van der Waals surface area contributed by atoms with Crippen LogP contribution in [0.25, 0.3) is 0 Å². The van der Waals surface area contributed by atoms with Crippen molar-refractivity contribution >= 4 is 6.09 Å². The molecule has 0 radical (unpaired) electrons. The van der Waals surface area contributed by atoms with E-state index in [1.807, 2.05) is 25.7 Å². The second-order valence-corrected chi connectivity index (χ2v) is 9.02. The van der Waals surface area contributed by atoms with Crippen LogP contribution in [0.2, 0.25) is 0 Å². The first-order valence-electron chi connectivity index (χ1n) is 9.59. The van der Waals surface area contributed by atoms with E-state index in [1.165, 1.54) is 32.1 Å². The molecular weight excluding hydrogens is 288 g/mol. The van der Waals surface area contributed by atoms with E-state index in [0.29, 0.717) is 24.0 Å². The first-order chi connectivity index (χ1) is 10.8. The van der Waals surface area contributed by atoms with Crippen molar-refractivity contribution in [1.29, 1.82) is 0 Å². The molecule has 1 N–H and O–H groups in total.